The van der Waals surface area contributed by atoms with Gasteiger partial charge >= 0.3 is 0 Å². The summed E-state index contributed by atoms with van der Waals surface area (Å²) < 4.78 is 5.09. The Labute approximate surface area is 111 Å². The molecule has 0 aliphatic heterocycles. The average Bonchev–Trinajstić information content (AvgIpc) is 3.06. The Morgan fingerprint density at radius 2 is 2.22 bits per heavy atom. The number of halogens is 1. The maximum atomic E-state index is 5.68. The summed E-state index contributed by atoms with van der Waals surface area (Å²) in [5, 5.41) is 3.93. The summed E-state index contributed by atoms with van der Waals surface area (Å²) in [5.74, 6) is 1.67. The number of nitrogens with two attached hydrogens (primary N) is 1. The van der Waals surface area contributed by atoms with Crippen LogP contribution in [-0.2, 0) is 0 Å². The molecule has 0 radical (unpaired) electrons. The van der Waals surface area contributed by atoms with Crippen LogP contribution in [0.3, 0.4) is 0 Å². The van der Waals surface area contributed by atoms with E-state index in [1.165, 1.54) is 12.8 Å². The van der Waals surface area contributed by atoms with Crippen LogP contribution in [-0.4, -0.2) is 15.1 Å². The standard InChI is InChI=1S/C12H14N4O.ClH/c1-7(13)12-15-11(16-17-12)9-4-5-14-10(6-9)8-2-3-8;/h4-8H,2-3,13H2,1H3;1H/t7-;/m0./s1. The van der Waals surface area contributed by atoms with Gasteiger partial charge in [0.2, 0.25) is 11.7 Å². The lowest BCUT2D eigenvalue weighted by molar-refractivity contribution is 0.362. The molecule has 5 nitrogen and oxygen atoms in total. The molecule has 1 saturated carbocycles. The maximum absolute atomic E-state index is 5.68. The van der Waals surface area contributed by atoms with Gasteiger partial charge < -0.3 is 10.3 Å². The molecule has 2 aromatic heterocycles. The topological polar surface area (TPSA) is 77.8 Å². The highest BCUT2D eigenvalue weighted by Crippen LogP contribution is 2.39. The van der Waals surface area contributed by atoms with Gasteiger partial charge in [-0.15, -0.1) is 12.4 Å². The smallest absolute Gasteiger partial charge is 0.243 e. The SMILES string of the molecule is C[C@H](N)c1nc(-c2ccnc(C3CC3)c2)no1.Cl. The minimum Gasteiger partial charge on any atom is -0.337 e. The Hall–Kier alpha value is -1.46. The van der Waals surface area contributed by atoms with Gasteiger partial charge in [0, 0.05) is 23.4 Å². The number of pyridine rings is 1. The fraction of sp³-hybridized carbons (Fsp3) is 0.417. The highest BCUT2D eigenvalue weighted by molar-refractivity contribution is 5.85. The first-order chi connectivity index (χ1) is 8.24. The second kappa shape index (κ2) is 5.04. The van der Waals surface area contributed by atoms with Crippen LogP contribution in [0, 0.1) is 0 Å². The lowest BCUT2D eigenvalue weighted by Gasteiger charge is -1.98. The number of hydrogen-bond acceptors (Lipinski definition) is 5. The van der Waals surface area contributed by atoms with Crippen LogP contribution in [0.2, 0.25) is 0 Å². The summed E-state index contributed by atoms with van der Waals surface area (Å²) in [5.41, 5.74) is 7.75. The van der Waals surface area contributed by atoms with E-state index in [1.54, 1.807) is 6.20 Å². The number of rotatable bonds is 3. The van der Waals surface area contributed by atoms with Crippen molar-refractivity contribution in [3.05, 3.63) is 29.9 Å². The van der Waals surface area contributed by atoms with E-state index < -0.39 is 0 Å². The molecule has 6 heteroatoms. The van der Waals surface area contributed by atoms with Gasteiger partial charge in [-0.05, 0) is 31.9 Å². The summed E-state index contributed by atoms with van der Waals surface area (Å²) in [7, 11) is 0. The first kappa shape index (κ1) is 13.0. The van der Waals surface area contributed by atoms with Crippen LogP contribution in [0.25, 0.3) is 11.4 Å². The third-order valence-electron chi connectivity index (χ3n) is 2.87. The number of aromatic nitrogens is 3. The van der Waals surface area contributed by atoms with Gasteiger partial charge in [-0.25, -0.2) is 0 Å². The van der Waals surface area contributed by atoms with Crippen molar-refractivity contribution in [3.8, 4) is 11.4 Å². The van der Waals surface area contributed by atoms with Gasteiger partial charge in [-0.3, -0.25) is 4.98 Å². The normalized spacial score (nSPS) is 16.1. The lowest BCUT2D eigenvalue weighted by atomic mass is 10.2. The molecule has 1 aliphatic rings. The van der Waals surface area contributed by atoms with Gasteiger partial charge in [-0.2, -0.15) is 4.98 Å². The molecule has 1 fully saturated rings. The third-order valence-corrected chi connectivity index (χ3v) is 2.87. The zero-order valence-corrected chi connectivity index (χ0v) is 10.9. The predicted octanol–water partition coefficient (Wildman–Crippen LogP) is 2.45. The van der Waals surface area contributed by atoms with Crippen molar-refractivity contribution in [3.63, 3.8) is 0 Å². The van der Waals surface area contributed by atoms with E-state index in [9.17, 15) is 0 Å². The lowest BCUT2D eigenvalue weighted by Crippen LogP contribution is -2.04. The summed E-state index contributed by atoms with van der Waals surface area (Å²) >= 11 is 0. The first-order valence-corrected chi connectivity index (χ1v) is 5.79. The summed E-state index contributed by atoms with van der Waals surface area (Å²) in [6.45, 7) is 1.82. The number of nitrogens with zero attached hydrogens (tertiary/aromatic N) is 3. The van der Waals surface area contributed by atoms with Crippen molar-refractivity contribution in [1.82, 2.24) is 15.1 Å². The minimum absolute atomic E-state index is 0. The summed E-state index contributed by atoms with van der Waals surface area (Å²) in [4.78, 5) is 8.63. The molecule has 0 unspecified atom stereocenters. The second-order valence-corrected chi connectivity index (χ2v) is 4.49. The Morgan fingerprint density at radius 3 is 2.83 bits per heavy atom. The fourth-order valence-corrected chi connectivity index (χ4v) is 1.73. The molecule has 0 aromatic carbocycles. The van der Waals surface area contributed by atoms with Crippen molar-refractivity contribution in [2.75, 3.05) is 0 Å². The zero-order chi connectivity index (χ0) is 11.8. The van der Waals surface area contributed by atoms with Gasteiger partial charge in [-0.1, -0.05) is 5.16 Å². The van der Waals surface area contributed by atoms with Crippen molar-refractivity contribution < 1.29 is 4.52 Å². The van der Waals surface area contributed by atoms with E-state index in [0.717, 1.165) is 11.3 Å². The van der Waals surface area contributed by atoms with Crippen LogP contribution in [0.15, 0.2) is 22.9 Å². The molecule has 2 N–H and O–H groups in total. The minimum atomic E-state index is -0.235. The molecule has 96 valence electrons. The molecule has 3 rings (SSSR count). The Bertz CT molecular complexity index is 536. The van der Waals surface area contributed by atoms with E-state index in [1.807, 2.05) is 19.1 Å². The monoisotopic (exact) mass is 266 g/mol. The van der Waals surface area contributed by atoms with Crippen molar-refractivity contribution in [2.45, 2.75) is 31.7 Å². The largest absolute Gasteiger partial charge is 0.337 e. The van der Waals surface area contributed by atoms with Crippen molar-refractivity contribution in [1.29, 1.82) is 0 Å². The maximum Gasteiger partial charge on any atom is 0.243 e. The predicted molar refractivity (Wildman–Crippen MR) is 69.4 cm³/mol. The third kappa shape index (κ3) is 2.52. The molecule has 1 atom stereocenters. The Morgan fingerprint density at radius 1 is 1.44 bits per heavy atom. The van der Waals surface area contributed by atoms with E-state index in [4.69, 9.17) is 10.3 Å². The molecule has 1 aliphatic carbocycles. The van der Waals surface area contributed by atoms with E-state index in [-0.39, 0.29) is 18.4 Å². The highest BCUT2D eigenvalue weighted by Gasteiger charge is 2.25. The number of hydrogen-bond donors (Lipinski definition) is 1. The Kier molecular flexibility index (Phi) is 3.63. The zero-order valence-electron chi connectivity index (χ0n) is 10.0. The quantitative estimate of drug-likeness (QED) is 0.923. The van der Waals surface area contributed by atoms with Gasteiger partial charge in [0.05, 0.1) is 6.04 Å². The molecule has 0 saturated heterocycles. The summed E-state index contributed by atoms with van der Waals surface area (Å²) in [6, 6.07) is 3.69. The molecule has 18 heavy (non-hydrogen) atoms. The Balaban J connectivity index is 0.00000120. The molecular formula is C12H15ClN4O. The highest BCUT2D eigenvalue weighted by atomic mass is 35.5. The van der Waals surface area contributed by atoms with E-state index in [0.29, 0.717) is 17.6 Å². The molecule has 0 amide bonds. The molecule has 2 aromatic rings. The van der Waals surface area contributed by atoms with Crippen LogP contribution >= 0.6 is 12.4 Å². The van der Waals surface area contributed by atoms with Crippen molar-refractivity contribution in [2.24, 2.45) is 5.73 Å². The van der Waals surface area contributed by atoms with Crippen molar-refractivity contribution >= 4 is 12.4 Å². The van der Waals surface area contributed by atoms with Gasteiger partial charge in [0.25, 0.3) is 0 Å². The van der Waals surface area contributed by atoms with Gasteiger partial charge in [0.15, 0.2) is 0 Å². The molecule has 2 heterocycles. The molecule has 0 bridgehead atoms. The van der Waals surface area contributed by atoms with Crippen LogP contribution in [0.1, 0.15) is 43.3 Å². The first-order valence-electron chi connectivity index (χ1n) is 5.79. The fourth-order valence-electron chi connectivity index (χ4n) is 1.73. The van der Waals surface area contributed by atoms with Crippen LogP contribution in [0.5, 0.6) is 0 Å². The average molecular weight is 267 g/mol. The summed E-state index contributed by atoms with van der Waals surface area (Å²) in [6.07, 6.45) is 4.26. The van der Waals surface area contributed by atoms with E-state index >= 15 is 0 Å². The van der Waals surface area contributed by atoms with E-state index in [2.05, 4.69) is 15.1 Å². The van der Waals surface area contributed by atoms with Crippen LogP contribution < -0.4 is 5.73 Å². The van der Waals surface area contributed by atoms with Crippen LogP contribution in [0.4, 0.5) is 0 Å². The molecule has 0 spiro atoms. The van der Waals surface area contributed by atoms with Gasteiger partial charge in [0.1, 0.15) is 0 Å². The molecular weight excluding hydrogens is 252 g/mol. The second-order valence-electron chi connectivity index (χ2n) is 4.49.